The monoisotopic (exact) mass is 203 g/mol. The molecule has 14 heavy (non-hydrogen) atoms. The molecule has 0 rings (SSSR count). The van der Waals surface area contributed by atoms with Crippen LogP contribution in [0.5, 0.6) is 0 Å². The second-order valence-electron chi connectivity index (χ2n) is 4.47. The summed E-state index contributed by atoms with van der Waals surface area (Å²) in [6, 6.07) is 0. The molecule has 84 valence electrons. The molecule has 1 amide bonds. The number of amides is 1. The first kappa shape index (κ1) is 13.2. The minimum absolute atomic E-state index is 0.0530. The maximum absolute atomic E-state index is 11.2. The number of aliphatic hydroxyl groups is 1. The van der Waals surface area contributed by atoms with Crippen molar-refractivity contribution in [3.8, 4) is 0 Å². The van der Waals surface area contributed by atoms with Crippen LogP contribution in [0.1, 0.15) is 34.1 Å². The Bertz CT molecular complexity index is 178. The molecule has 0 aliphatic rings. The highest BCUT2D eigenvalue weighted by Crippen LogP contribution is 2.07. The molecule has 0 aromatic carbocycles. The second kappa shape index (κ2) is 5.86. The smallest absolute Gasteiger partial charge is 0.407 e. The Morgan fingerprint density at radius 2 is 2.07 bits per heavy atom. The summed E-state index contributed by atoms with van der Waals surface area (Å²) in [5.74, 6) is 0.335. The number of carbonyl (C=O) groups is 1. The van der Waals surface area contributed by atoms with Crippen molar-refractivity contribution in [3.63, 3.8) is 0 Å². The molecule has 0 saturated carbocycles. The fraction of sp³-hybridized carbons (Fsp3) is 0.900. The molecular formula is C10H21NO3. The quantitative estimate of drug-likeness (QED) is 0.712. The van der Waals surface area contributed by atoms with E-state index in [-0.39, 0.29) is 6.61 Å². The van der Waals surface area contributed by atoms with Crippen LogP contribution < -0.4 is 5.32 Å². The topological polar surface area (TPSA) is 58.6 Å². The Labute approximate surface area is 85.6 Å². The third-order valence-corrected chi connectivity index (χ3v) is 1.73. The summed E-state index contributed by atoms with van der Waals surface area (Å²) in [4.78, 5) is 11.2. The molecule has 0 fully saturated rings. The van der Waals surface area contributed by atoms with Crippen molar-refractivity contribution in [2.24, 2.45) is 5.92 Å². The number of alkyl carbamates (subject to hydrolysis) is 1. The lowest BCUT2D eigenvalue weighted by Gasteiger charge is -2.24. The molecule has 4 heteroatoms. The van der Waals surface area contributed by atoms with Gasteiger partial charge in [-0.05, 0) is 26.2 Å². The minimum atomic E-state index is -0.419. The SMILES string of the molecule is CC(C)COC(=O)NC(C)(C)CCO. The molecule has 0 spiro atoms. The third-order valence-electron chi connectivity index (χ3n) is 1.73. The first-order chi connectivity index (χ1) is 6.37. The highest BCUT2D eigenvalue weighted by molar-refractivity contribution is 5.68. The van der Waals surface area contributed by atoms with Gasteiger partial charge in [-0.1, -0.05) is 13.8 Å². The van der Waals surface area contributed by atoms with E-state index >= 15 is 0 Å². The molecule has 0 bridgehead atoms. The van der Waals surface area contributed by atoms with Gasteiger partial charge in [0.05, 0.1) is 6.61 Å². The Balaban J connectivity index is 3.81. The molecule has 0 aromatic heterocycles. The second-order valence-corrected chi connectivity index (χ2v) is 4.47. The molecule has 0 radical (unpaired) electrons. The summed E-state index contributed by atoms with van der Waals surface area (Å²) in [6.45, 7) is 8.12. The molecule has 2 N–H and O–H groups in total. The van der Waals surface area contributed by atoms with E-state index in [1.165, 1.54) is 0 Å². The van der Waals surface area contributed by atoms with Crippen molar-refractivity contribution < 1.29 is 14.6 Å². The van der Waals surface area contributed by atoms with Gasteiger partial charge >= 0.3 is 6.09 Å². The Morgan fingerprint density at radius 3 is 2.50 bits per heavy atom. The van der Waals surface area contributed by atoms with Gasteiger partial charge in [0.25, 0.3) is 0 Å². The summed E-state index contributed by atoms with van der Waals surface area (Å²) in [6.07, 6.45) is 0.0983. The zero-order chi connectivity index (χ0) is 11.2. The van der Waals surface area contributed by atoms with E-state index < -0.39 is 11.6 Å². The molecule has 0 heterocycles. The molecular weight excluding hydrogens is 182 g/mol. The van der Waals surface area contributed by atoms with Crippen molar-refractivity contribution in [2.75, 3.05) is 13.2 Å². The van der Waals surface area contributed by atoms with E-state index in [0.29, 0.717) is 18.9 Å². The molecule has 0 saturated heterocycles. The largest absolute Gasteiger partial charge is 0.449 e. The van der Waals surface area contributed by atoms with Crippen LogP contribution in [-0.2, 0) is 4.74 Å². The lowest BCUT2D eigenvalue weighted by molar-refractivity contribution is 0.119. The van der Waals surface area contributed by atoms with Gasteiger partial charge in [0.15, 0.2) is 0 Å². The summed E-state index contributed by atoms with van der Waals surface area (Å²) in [5, 5.41) is 11.4. The van der Waals surface area contributed by atoms with Crippen LogP contribution in [0, 0.1) is 5.92 Å². The Hall–Kier alpha value is -0.770. The first-order valence-corrected chi connectivity index (χ1v) is 4.93. The van der Waals surface area contributed by atoms with E-state index in [9.17, 15) is 4.79 Å². The third kappa shape index (κ3) is 6.71. The van der Waals surface area contributed by atoms with Crippen LogP contribution in [0.25, 0.3) is 0 Å². The van der Waals surface area contributed by atoms with Gasteiger partial charge in [-0.15, -0.1) is 0 Å². The summed E-state index contributed by atoms with van der Waals surface area (Å²) < 4.78 is 4.95. The van der Waals surface area contributed by atoms with Crippen LogP contribution in [0.3, 0.4) is 0 Å². The van der Waals surface area contributed by atoms with Gasteiger partial charge in [-0.2, -0.15) is 0 Å². The average molecular weight is 203 g/mol. The van der Waals surface area contributed by atoms with Crippen molar-refractivity contribution in [1.82, 2.24) is 5.32 Å². The lowest BCUT2D eigenvalue weighted by atomic mass is 10.0. The maximum Gasteiger partial charge on any atom is 0.407 e. The number of aliphatic hydroxyl groups excluding tert-OH is 1. The lowest BCUT2D eigenvalue weighted by Crippen LogP contribution is -2.44. The van der Waals surface area contributed by atoms with Crippen molar-refractivity contribution in [3.05, 3.63) is 0 Å². The predicted octanol–water partition coefficient (Wildman–Crippen LogP) is 1.53. The van der Waals surface area contributed by atoms with Crippen LogP contribution in [0.15, 0.2) is 0 Å². The zero-order valence-electron chi connectivity index (χ0n) is 9.46. The zero-order valence-corrected chi connectivity index (χ0v) is 9.46. The van der Waals surface area contributed by atoms with E-state index in [2.05, 4.69) is 5.32 Å². The first-order valence-electron chi connectivity index (χ1n) is 4.93. The van der Waals surface area contributed by atoms with E-state index in [4.69, 9.17) is 9.84 Å². The summed E-state index contributed by atoms with van der Waals surface area (Å²) >= 11 is 0. The van der Waals surface area contributed by atoms with Gasteiger partial charge in [-0.25, -0.2) is 4.79 Å². The van der Waals surface area contributed by atoms with Crippen molar-refractivity contribution in [1.29, 1.82) is 0 Å². The average Bonchev–Trinajstić information content (AvgIpc) is 1.99. The van der Waals surface area contributed by atoms with Crippen LogP contribution in [0.2, 0.25) is 0 Å². The number of carbonyl (C=O) groups excluding carboxylic acids is 1. The highest BCUT2D eigenvalue weighted by atomic mass is 16.5. The molecule has 4 nitrogen and oxygen atoms in total. The van der Waals surface area contributed by atoms with E-state index in [1.807, 2.05) is 27.7 Å². The standard InChI is InChI=1S/C10H21NO3/c1-8(2)7-14-9(13)11-10(3,4)5-6-12/h8,12H,5-7H2,1-4H3,(H,11,13). The van der Waals surface area contributed by atoms with Crippen molar-refractivity contribution in [2.45, 2.75) is 39.7 Å². The number of rotatable bonds is 5. The van der Waals surface area contributed by atoms with Crippen LogP contribution in [-0.4, -0.2) is 30.0 Å². The van der Waals surface area contributed by atoms with Crippen LogP contribution in [0.4, 0.5) is 4.79 Å². The molecule has 0 atom stereocenters. The normalized spacial score (nSPS) is 11.6. The fourth-order valence-electron chi connectivity index (χ4n) is 0.897. The molecule has 0 aromatic rings. The molecule has 0 aliphatic heterocycles. The van der Waals surface area contributed by atoms with Gasteiger partial charge in [0, 0.05) is 12.1 Å². The summed E-state index contributed by atoms with van der Waals surface area (Å²) in [7, 11) is 0. The highest BCUT2D eigenvalue weighted by Gasteiger charge is 2.20. The van der Waals surface area contributed by atoms with Crippen LogP contribution >= 0.6 is 0 Å². The number of nitrogens with one attached hydrogen (secondary N) is 1. The van der Waals surface area contributed by atoms with E-state index in [0.717, 1.165) is 0 Å². The Kier molecular flexibility index (Phi) is 5.53. The molecule has 0 aliphatic carbocycles. The maximum atomic E-state index is 11.2. The number of ether oxygens (including phenoxy) is 1. The minimum Gasteiger partial charge on any atom is -0.449 e. The van der Waals surface area contributed by atoms with E-state index in [1.54, 1.807) is 0 Å². The predicted molar refractivity (Wildman–Crippen MR) is 55.1 cm³/mol. The summed E-state index contributed by atoms with van der Waals surface area (Å²) in [5.41, 5.74) is -0.414. The van der Waals surface area contributed by atoms with Gasteiger partial charge < -0.3 is 15.2 Å². The van der Waals surface area contributed by atoms with Gasteiger partial charge in [0.2, 0.25) is 0 Å². The molecule has 0 unspecified atom stereocenters. The van der Waals surface area contributed by atoms with Crippen molar-refractivity contribution >= 4 is 6.09 Å². The van der Waals surface area contributed by atoms with Gasteiger partial charge in [0.1, 0.15) is 0 Å². The number of hydrogen-bond donors (Lipinski definition) is 2. The fourth-order valence-corrected chi connectivity index (χ4v) is 0.897. The number of hydrogen-bond acceptors (Lipinski definition) is 3. The Morgan fingerprint density at radius 1 is 1.50 bits per heavy atom. The van der Waals surface area contributed by atoms with Gasteiger partial charge in [-0.3, -0.25) is 0 Å².